The molecule has 0 radical (unpaired) electrons. The highest BCUT2D eigenvalue weighted by Crippen LogP contribution is 2.22. The van der Waals surface area contributed by atoms with Crippen LogP contribution in [0.2, 0.25) is 0 Å². The molecule has 0 amide bonds. The summed E-state index contributed by atoms with van der Waals surface area (Å²) in [6, 6.07) is 2.36. The lowest BCUT2D eigenvalue weighted by atomic mass is 10.1. The Kier molecular flexibility index (Phi) is 5.76. The van der Waals surface area contributed by atoms with Gasteiger partial charge in [-0.15, -0.1) is 0 Å². The second-order valence-corrected chi connectivity index (χ2v) is 7.53. The topological polar surface area (TPSA) is 46.2 Å². The molecule has 0 aliphatic heterocycles. The Bertz CT molecular complexity index is 535. The summed E-state index contributed by atoms with van der Waals surface area (Å²) < 4.78 is 41.5. The fraction of sp³-hybridized carbons (Fsp3) is 0.538. The van der Waals surface area contributed by atoms with Crippen LogP contribution in [0.4, 0.5) is 4.39 Å². The normalized spacial score (nSPS) is 13.8. The molecule has 0 spiro atoms. The first kappa shape index (κ1) is 16.8. The maximum atomic E-state index is 13.2. The van der Waals surface area contributed by atoms with E-state index in [4.69, 9.17) is 0 Å². The van der Waals surface area contributed by atoms with Gasteiger partial charge in [0, 0.05) is 10.5 Å². The highest BCUT2D eigenvalue weighted by atomic mass is 127. The zero-order chi connectivity index (χ0) is 14.8. The minimum absolute atomic E-state index is 0.130. The summed E-state index contributed by atoms with van der Waals surface area (Å²) in [4.78, 5) is 0.185. The summed E-state index contributed by atoms with van der Waals surface area (Å²) in [5, 5.41) is 0. The van der Waals surface area contributed by atoms with Gasteiger partial charge in [-0.1, -0.05) is 36.4 Å². The van der Waals surface area contributed by atoms with Crippen molar-refractivity contribution in [3.8, 4) is 0 Å². The number of rotatable bonds is 5. The van der Waals surface area contributed by atoms with Crippen LogP contribution in [0, 0.1) is 25.6 Å². The Morgan fingerprint density at radius 3 is 2.11 bits per heavy atom. The third-order valence-corrected chi connectivity index (χ3v) is 5.71. The van der Waals surface area contributed by atoms with Crippen molar-refractivity contribution in [3.05, 3.63) is 29.1 Å². The van der Waals surface area contributed by atoms with Gasteiger partial charge in [-0.2, -0.15) is 0 Å². The standard InChI is InChI=1S/C13H19FINO2S/c1-8(2)12(7-15)16-19(17,18)13-9(3)5-11(14)6-10(13)4/h5-6,8,12,16H,7H2,1-4H3. The lowest BCUT2D eigenvalue weighted by Gasteiger charge is -2.21. The lowest BCUT2D eigenvalue weighted by Crippen LogP contribution is -2.40. The Balaban J connectivity index is 3.21. The van der Waals surface area contributed by atoms with Crippen LogP contribution in [0.5, 0.6) is 0 Å². The van der Waals surface area contributed by atoms with Crippen molar-refractivity contribution >= 4 is 32.6 Å². The van der Waals surface area contributed by atoms with E-state index in [0.29, 0.717) is 15.6 Å². The largest absolute Gasteiger partial charge is 0.241 e. The number of benzene rings is 1. The van der Waals surface area contributed by atoms with E-state index < -0.39 is 15.8 Å². The third kappa shape index (κ3) is 4.13. The Morgan fingerprint density at radius 2 is 1.74 bits per heavy atom. The van der Waals surface area contributed by atoms with Crippen LogP contribution in [0.25, 0.3) is 0 Å². The molecule has 0 aliphatic rings. The number of nitrogens with one attached hydrogen (secondary N) is 1. The molecule has 3 nitrogen and oxygen atoms in total. The molecule has 19 heavy (non-hydrogen) atoms. The van der Waals surface area contributed by atoms with E-state index in [2.05, 4.69) is 27.3 Å². The van der Waals surface area contributed by atoms with Crippen LogP contribution in [0.15, 0.2) is 17.0 Å². The average Bonchev–Trinajstić information content (AvgIpc) is 2.23. The molecular weight excluding hydrogens is 380 g/mol. The van der Waals surface area contributed by atoms with E-state index in [-0.39, 0.29) is 16.9 Å². The summed E-state index contributed by atoms with van der Waals surface area (Å²) in [5.41, 5.74) is 0.863. The monoisotopic (exact) mass is 399 g/mol. The van der Waals surface area contributed by atoms with Gasteiger partial charge in [0.15, 0.2) is 0 Å². The highest BCUT2D eigenvalue weighted by molar-refractivity contribution is 14.1. The lowest BCUT2D eigenvalue weighted by molar-refractivity contribution is 0.485. The molecule has 0 heterocycles. The maximum Gasteiger partial charge on any atom is 0.241 e. The molecule has 0 aromatic heterocycles. The molecule has 0 fully saturated rings. The number of alkyl halides is 1. The number of hydrogen-bond donors (Lipinski definition) is 1. The predicted octanol–water partition coefficient (Wildman–Crippen LogP) is 3.18. The first-order valence-electron chi connectivity index (χ1n) is 6.04. The van der Waals surface area contributed by atoms with Crippen molar-refractivity contribution in [3.63, 3.8) is 0 Å². The molecule has 1 aromatic carbocycles. The summed E-state index contributed by atoms with van der Waals surface area (Å²) in [5.74, 6) is -0.212. The van der Waals surface area contributed by atoms with E-state index in [1.807, 2.05) is 13.8 Å². The molecule has 0 aliphatic carbocycles. The van der Waals surface area contributed by atoms with Gasteiger partial charge in [0.25, 0.3) is 0 Å². The number of halogens is 2. The summed E-state index contributed by atoms with van der Waals surface area (Å²) in [6.07, 6.45) is 0. The van der Waals surface area contributed by atoms with E-state index >= 15 is 0 Å². The van der Waals surface area contributed by atoms with Crippen LogP contribution >= 0.6 is 22.6 Å². The van der Waals surface area contributed by atoms with Gasteiger partial charge >= 0.3 is 0 Å². The highest BCUT2D eigenvalue weighted by Gasteiger charge is 2.25. The van der Waals surface area contributed by atoms with Gasteiger partial charge in [-0.25, -0.2) is 17.5 Å². The van der Waals surface area contributed by atoms with Gasteiger partial charge in [-0.05, 0) is 43.0 Å². The molecule has 0 bridgehead atoms. The number of aryl methyl sites for hydroxylation is 2. The quantitative estimate of drug-likeness (QED) is 0.611. The number of hydrogen-bond acceptors (Lipinski definition) is 2. The molecule has 1 rings (SSSR count). The van der Waals surface area contributed by atoms with Crippen LogP contribution in [-0.2, 0) is 10.0 Å². The molecule has 1 atom stereocenters. The van der Waals surface area contributed by atoms with Gasteiger partial charge in [0.2, 0.25) is 10.0 Å². The van der Waals surface area contributed by atoms with Crippen molar-refractivity contribution in [2.24, 2.45) is 5.92 Å². The molecule has 0 saturated heterocycles. The van der Waals surface area contributed by atoms with Gasteiger partial charge in [0.05, 0.1) is 4.90 Å². The smallest absolute Gasteiger partial charge is 0.207 e. The van der Waals surface area contributed by atoms with Crippen molar-refractivity contribution < 1.29 is 12.8 Å². The van der Waals surface area contributed by atoms with Crippen LogP contribution in [-0.4, -0.2) is 18.9 Å². The Labute approximate surface area is 128 Å². The van der Waals surface area contributed by atoms with E-state index in [1.165, 1.54) is 12.1 Å². The van der Waals surface area contributed by atoms with E-state index in [0.717, 1.165) is 0 Å². The fourth-order valence-electron chi connectivity index (χ4n) is 1.93. The minimum atomic E-state index is -3.62. The summed E-state index contributed by atoms with van der Waals surface area (Å²) >= 11 is 2.16. The molecule has 6 heteroatoms. The van der Waals surface area contributed by atoms with Crippen LogP contribution in [0.1, 0.15) is 25.0 Å². The van der Waals surface area contributed by atoms with Gasteiger partial charge < -0.3 is 0 Å². The van der Waals surface area contributed by atoms with Crippen molar-refractivity contribution in [2.45, 2.75) is 38.6 Å². The van der Waals surface area contributed by atoms with E-state index in [1.54, 1.807) is 13.8 Å². The van der Waals surface area contributed by atoms with Crippen LogP contribution < -0.4 is 4.72 Å². The summed E-state index contributed by atoms with van der Waals surface area (Å²) in [6.45, 7) is 7.16. The third-order valence-electron chi connectivity index (χ3n) is 2.97. The first-order valence-corrected chi connectivity index (χ1v) is 9.05. The first-order chi connectivity index (χ1) is 8.69. The van der Waals surface area contributed by atoms with Crippen molar-refractivity contribution in [1.29, 1.82) is 0 Å². The fourth-order valence-corrected chi connectivity index (χ4v) is 5.30. The summed E-state index contributed by atoms with van der Waals surface area (Å²) in [7, 11) is -3.62. The Morgan fingerprint density at radius 1 is 1.26 bits per heavy atom. The van der Waals surface area contributed by atoms with Gasteiger partial charge in [0.1, 0.15) is 5.82 Å². The molecule has 1 unspecified atom stereocenters. The molecule has 0 saturated carbocycles. The predicted molar refractivity (Wildman–Crippen MR) is 83.7 cm³/mol. The Hall–Kier alpha value is -0.210. The number of sulfonamides is 1. The molecule has 1 aromatic rings. The van der Waals surface area contributed by atoms with E-state index in [9.17, 15) is 12.8 Å². The maximum absolute atomic E-state index is 13.2. The van der Waals surface area contributed by atoms with Crippen molar-refractivity contribution in [2.75, 3.05) is 4.43 Å². The van der Waals surface area contributed by atoms with Gasteiger partial charge in [-0.3, -0.25) is 0 Å². The SMILES string of the molecule is Cc1cc(F)cc(C)c1S(=O)(=O)NC(CI)C(C)C. The molecule has 1 N–H and O–H groups in total. The second kappa shape index (κ2) is 6.49. The second-order valence-electron chi connectivity index (χ2n) is 4.99. The van der Waals surface area contributed by atoms with Crippen LogP contribution in [0.3, 0.4) is 0 Å². The molecule has 108 valence electrons. The molecular formula is C13H19FINO2S. The van der Waals surface area contributed by atoms with Crippen molar-refractivity contribution in [1.82, 2.24) is 4.72 Å². The zero-order valence-electron chi connectivity index (χ0n) is 11.5. The zero-order valence-corrected chi connectivity index (χ0v) is 14.5. The average molecular weight is 399 g/mol. The minimum Gasteiger partial charge on any atom is -0.207 e.